The predicted octanol–water partition coefficient (Wildman–Crippen LogP) is 1.90. The average molecular weight is 409 g/mol. The highest BCUT2D eigenvalue weighted by atomic mass is 19.1. The Morgan fingerprint density at radius 1 is 1.21 bits per heavy atom. The number of nitrogens with zero attached hydrogens (tertiary/aromatic N) is 2. The van der Waals surface area contributed by atoms with Gasteiger partial charge < -0.3 is 24.8 Å². The van der Waals surface area contributed by atoms with E-state index in [0.29, 0.717) is 26.1 Å². The minimum atomic E-state index is -0.263. The predicted molar refractivity (Wildman–Crippen MR) is 111 cm³/mol. The molecule has 0 radical (unpaired) electrons. The highest BCUT2D eigenvalue weighted by Gasteiger charge is 2.28. The third kappa shape index (κ3) is 6.04. The number of nitrogens with one attached hydrogen (secondary N) is 2. The minimum Gasteiger partial charge on any atom is -0.467 e. The first-order valence-corrected chi connectivity index (χ1v) is 10.4. The lowest BCUT2D eigenvalue weighted by atomic mass is 10.0. The van der Waals surface area contributed by atoms with Gasteiger partial charge in [0.1, 0.15) is 11.6 Å². The molecular formula is C21H33FN4O3. The number of hydrogen-bond donors (Lipinski definition) is 2. The molecule has 0 aromatic heterocycles. The van der Waals surface area contributed by atoms with Crippen molar-refractivity contribution in [1.82, 2.24) is 15.5 Å². The highest BCUT2D eigenvalue weighted by Crippen LogP contribution is 2.29. The van der Waals surface area contributed by atoms with Crippen molar-refractivity contribution >= 4 is 5.96 Å². The fraction of sp³-hybridized carbons (Fsp3) is 0.667. The molecule has 2 N–H and O–H groups in total. The summed E-state index contributed by atoms with van der Waals surface area (Å²) in [5.41, 5.74) is 1.57. The molecule has 1 aromatic rings. The zero-order valence-corrected chi connectivity index (χ0v) is 17.7. The Labute approximate surface area is 172 Å². The second-order valence-electron chi connectivity index (χ2n) is 7.95. The molecule has 0 aliphatic carbocycles. The van der Waals surface area contributed by atoms with Crippen LogP contribution < -0.4 is 15.4 Å². The van der Waals surface area contributed by atoms with E-state index in [1.165, 1.54) is 12.1 Å². The van der Waals surface area contributed by atoms with Crippen LogP contribution in [0.4, 0.5) is 4.39 Å². The summed E-state index contributed by atoms with van der Waals surface area (Å²) >= 11 is 0. The molecule has 0 atom stereocenters. The Morgan fingerprint density at radius 2 is 2.00 bits per heavy atom. The van der Waals surface area contributed by atoms with Crippen LogP contribution in [0.2, 0.25) is 0 Å². The first-order chi connectivity index (χ1) is 14.0. The maximum absolute atomic E-state index is 13.9. The van der Waals surface area contributed by atoms with Gasteiger partial charge in [0.2, 0.25) is 0 Å². The van der Waals surface area contributed by atoms with Crippen molar-refractivity contribution in [3.05, 3.63) is 29.1 Å². The van der Waals surface area contributed by atoms with E-state index >= 15 is 0 Å². The van der Waals surface area contributed by atoms with E-state index in [4.69, 9.17) is 19.2 Å². The smallest absolute Gasteiger partial charge is 0.191 e. The number of guanidine groups is 1. The summed E-state index contributed by atoms with van der Waals surface area (Å²) < 4.78 is 30.2. The van der Waals surface area contributed by atoms with E-state index < -0.39 is 0 Å². The van der Waals surface area contributed by atoms with E-state index in [2.05, 4.69) is 29.4 Å². The Balaban J connectivity index is 1.58. The van der Waals surface area contributed by atoms with Crippen molar-refractivity contribution in [2.45, 2.75) is 39.3 Å². The molecule has 0 saturated carbocycles. The van der Waals surface area contributed by atoms with Crippen LogP contribution in [-0.4, -0.2) is 69.1 Å². The van der Waals surface area contributed by atoms with Crippen molar-refractivity contribution in [3.8, 4) is 5.75 Å². The molecule has 2 heterocycles. The minimum absolute atomic E-state index is 0.0401. The van der Waals surface area contributed by atoms with Gasteiger partial charge in [-0.25, -0.2) is 4.39 Å². The lowest BCUT2D eigenvalue weighted by Gasteiger charge is -2.39. The molecule has 2 aliphatic heterocycles. The van der Waals surface area contributed by atoms with Gasteiger partial charge in [-0.2, -0.15) is 0 Å². The number of benzene rings is 1. The Morgan fingerprint density at radius 3 is 2.76 bits per heavy atom. The molecule has 1 aromatic carbocycles. The maximum atomic E-state index is 13.9. The number of ether oxygens (including phenoxy) is 3. The van der Waals surface area contributed by atoms with Gasteiger partial charge in [-0.15, -0.1) is 0 Å². The highest BCUT2D eigenvalue weighted by molar-refractivity contribution is 5.79. The monoisotopic (exact) mass is 408 g/mol. The van der Waals surface area contributed by atoms with Crippen LogP contribution in [0.1, 0.15) is 31.9 Å². The molecule has 3 rings (SSSR count). The lowest BCUT2D eigenvalue weighted by molar-refractivity contribution is -0.0172. The molecule has 2 aliphatic rings. The van der Waals surface area contributed by atoms with Crippen molar-refractivity contribution in [1.29, 1.82) is 0 Å². The van der Waals surface area contributed by atoms with Crippen molar-refractivity contribution < 1.29 is 18.6 Å². The van der Waals surface area contributed by atoms with Crippen LogP contribution in [0.3, 0.4) is 0 Å². The molecule has 1 saturated heterocycles. The topological polar surface area (TPSA) is 67.4 Å². The molecule has 8 heteroatoms. The summed E-state index contributed by atoms with van der Waals surface area (Å²) in [5, 5.41) is 6.65. The molecule has 0 amide bonds. The summed E-state index contributed by atoms with van der Waals surface area (Å²) in [6, 6.07) is 3.02. The number of halogens is 1. The Bertz CT molecular complexity index is 705. The third-order valence-electron chi connectivity index (χ3n) is 5.27. The molecule has 0 unspecified atom stereocenters. The van der Waals surface area contributed by atoms with Crippen LogP contribution in [-0.2, 0) is 22.5 Å². The van der Waals surface area contributed by atoms with E-state index in [0.717, 1.165) is 55.7 Å². The summed E-state index contributed by atoms with van der Waals surface area (Å²) in [6.45, 7) is 12.6. The van der Waals surface area contributed by atoms with Crippen molar-refractivity contribution in [2.24, 2.45) is 4.99 Å². The lowest BCUT2D eigenvalue weighted by Crippen LogP contribution is -2.52. The summed E-state index contributed by atoms with van der Waals surface area (Å²) in [6.07, 6.45) is 0.636. The van der Waals surface area contributed by atoms with Crippen molar-refractivity contribution in [2.75, 3.05) is 52.7 Å². The number of rotatable bonds is 7. The van der Waals surface area contributed by atoms with Gasteiger partial charge in [0, 0.05) is 37.3 Å². The van der Waals surface area contributed by atoms with Gasteiger partial charge in [-0.05, 0) is 44.9 Å². The number of fused-ring (bicyclic) bond motifs is 1. The van der Waals surface area contributed by atoms with Crippen LogP contribution >= 0.6 is 0 Å². The van der Waals surface area contributed by atoms with Gasteiger partial charge in [0.05, 0.1) is 26.4 Å². The zero-order chi connectivity index (χ0) is 20.7. The Kier molecular flexibility index (Phi) is 7.69. The standard InChI is InChI=1S/C21H33FN4O3/c1-4-23-20(25-14-21(2,3)26-7-9-27-10-8-26)24-6-5-16-11-18(22)12-17-13-28-15-29-19(16)17/h11-12H,4-10,13-15H2,1-3H3,(H2,23,24,25). The number of morpholine rings is 1. The van der Waals surface area contributed by atoms with Crippen LogP contribution in [0, 0.1) is 5.82 Å². The van der Waals surface area contributed by atoms with Gasteiger partial charge in [-0.3, -0.25) is 9.89 Å². The van der Waals surface area contributed by atoms with Crippen LogP contribution in [0.15, 0.2) is 17.1 Å². The SMILES string of the molecule is CCNC(=NCC(C)(C)N1CCOCC1)NCCc1cc(F)cc2c1OCOC2. The van der Waals surface area contributed by atoms with Crippen LogP contribution in [0.25, 0.3) is 0 Å². The second-order valence-corrected chi connectivity index (χ2v) is 7.95. The van der Waals surface area contributed by atoms with Crippen molar-refractivity contribution in [3.63, 3.8) is 0 Å². The first kappa shape index (κ1) is 21.8. The number of aliphatic imine (C=N–C) groups is 1. The Hall–Kier alpha value is -1.90. The van der Waals surface area contributed by atoms with Gasteiger partial charge >= 0.3 is 0 Å². The molecule has 1 fully saturated rings. The third-order valence-corrected chi connectivity index (χ3v) is 5.27. The molecule has 0 spiro atoms. The van der Waals surface area contributed by atoms with E-state index in [9.17, 15) is 4.39 Å². The van der Waals surface area contributed by atoms with Gasteiger partial charge in [0.25, 0.3) is 0 Å². The normalized spacial score (nSPS) is 18.1. The van der Waals surface area contributed by atoms with E-state index in [1.807, 2.05) is 6.92 Å². The van der Waals surface area contributed by atoms with Gasteiger partial charge in [-0.1, -0.05) is 0 Å². The molecule has 162 valence electrons. The average Bonchev–Trinajstić information content (AvgIpc) is 2.72. The fourth-order valence-electron chi connectivity index (χ4n) is 3.64. The largest absolute Gasteiger partial charge is 0.467 e. The fourth-order valence-corrected chi connectivity index (χ4v) is 3.64. The number of hydrogen-bond acceptors (Lipinski definition) is 5. The summed E-state index contributed by atoms with van der Waals surface area (Å²) in [5.74, 6) is 1.25. The summed E-state index contributed by atoms with van der Waals surface area (Å²) in [4.78, 5) is 7.20. The van der Waals surface area contributed by atoms with Crippen LogP contribution in [0.5, 0.6) is 5.75 Å². The quantitative estimate of drug-likeness (QED) is 0.531. The van der Waals surface area contributed by atoms with E-state index in [-0.39, 0.29) is 18.1 Å². The molecule has 7 nitrogen and oxygen atoms in total. The van der Waals surface area contributed by atoms with Gasteiger partial charge in [0.15, 0.2) is 12.8 Å². The zero-order valence-electron chi connectivity index (χ0n) is 17.7. The van der Waals surface area contributed by atoms with E-state index in [1.54, 1.807) is 0 Å². The first-order valence-electron chi connectivity index (χ1n) is 10.4. The molecule has 29 heavy (non-hydrogen) atoms. The molecular weight excluding hydrogens is 375 g/mol. The summed E-state index contributed by atoms with van der Waals surface area (Å²) in [7, 11) is 0. The second kappa shape index (κ2) is 10.2. The maximum Gasteiger partial charge on any atom is 0.191 e. The molecule has 0 bridgehead atoms.